The highest BCUT2D eigenvalue weighted by Crippen LogP contribution is 2.40. The predicted molar refractivity (Wildman–Crippen MR) is 105 cm³/mol. The van der Waals surface area contributed by atoms with E-state index in [-0.39, 0.29) is 11.4 Å². The van der Waals surface area contributed by atoms with Crippen molar-refractivity contribution in [2.24, 2.45) is 0 Å². The number of cyclic esters (lactones) is 1. The molecule has 1 amide bonds. The van der Waals surface area contributed by atoms with Crippen LogP contribution in [-0.4, -0.2) is 48.2 Å². The second-order valence-corrected chi connectivity index (χ2v) is 7.30. The first-order valence-corrected chi connectivity index (χ1v) is 9.68. The summed E-state index contributed by atoms with van der Waals surface area (Å²) in [6.45, 7) is 6.60. The number of pyridine rings is 2. The van der Waals surface area contributed by atoms with Gasteiger partial charge < -0.3 is 15.0 Å². The van der Waals surface area contributed by atoms with Gasteiger partial charge in [-0.3, -0.25) is 5.32 Å². The van der Waals surface area contributed by atoms with Gasteiger partial charge in [0.1, 0.15) is 11.6 Å². The topological polar surface area (TPSA) is 79.4 Å². The van der Waals surface area contributed by atoms with Crippen molar-refractivity contribution in [2.75, 3.05) is 29.9 Å². The highest BCUT2D eigenvalue weighted by Gasteiger charge is 2.37. The summed E-state index contributed by atoms with van der Waals surface area (Å²) in [5.74, 6) is 0.891. The molecular weight excluding hydrogens is 380 g/mol. The summed E-state index contributed by atoms with van der Waals surface area (Å²) in [5.41, 5.74) is 2.15. The average Bonchev–Trinajstić information content (AvgIpc) is 2.72. The summed E-state index contributed by atoms with van der Waals surface area (Å²) in [4.78, 5) is 22.7. The van der Waals surface area contributed by atoms with Gasteiger partial charge in [-0.15, -0.1) is 0 Å². The molecule has 7 nitrogen and oxygen atoms in total. The minimum Gasteiger partial charge on any atom is -0.435 e. The predicted octanol–water partition coefficient (Wildman–Crippen LogP) is 3.51. The molecule has 0 bridgehead atoms. The number of carbonyl (C=O) groups excluding carboxylic acids is 1. The number of aryl methyl sites for hydroxylation is 1. The van der Waals surface area contributed by atoms with Gasteiger partial charge in [0.2, 0.25) is 0 Å². The number of piperazine rings is 1. The van der Waals surface area contributed by atoms with E-state index in [0.29, 0.717) is 17.3 Å². The first kappa shape index (κ1) is 19.5. The fourth-order valence-corrected chi connectivity index (χ4v) is 3.82. The number of aromatic nitrogens is 2. The lowest BCUT2D eigenvalue weighted by molar-refractivity contribution is -0.0168. The normalized spacial score (nSPS) is 21.6. The van der Waals surface area contributed by atoms with E-state index in [1.807, 2.05) is 19.1 Å². The van der Waals surface area contributed by atoms with Crippen LogP contribution in [-0.2, 0) is 4.74 Å². The molecule has 9 heteroatoms. The summed E-state index contributed by atoms with van der Waals surface area (Å²) in [6, 6.07) is 5.86. The Labute approximate surface area is 167 Å². The van der Waals surface area contributed by atoms with Crippen LogP contribution in [0.1, 0.15) is 30.6 Å². The van der Waals surface area contributed by atoms with Gasteiger partial charge in [0, 0.05) is 37.4 Å². The van der Waals surface area contributed by atoms with Crippen molar-refractivity contribution in [3.8, 4) is 11.3 Å². The van der Waals surface area contributed by atoms with E-state index in [4.69, 9.17) is 9.72 Å². The van der Waals surface area contributed by atoms with Gasteiger partial charge in [0.15, 0.2) is 6.10 Å². The number of rotatable bonds is 4. The highest BCUT2D eigenvalue weighted by atomic mass is 19.3. The molecule has 0 saturated carbocycles. The van der Waals surface area contributed by atoms with Crippen molar-refractivity contribution in [1.82, 2.24) is 15.3 Å². The largest absolute Gasteiger partial charge is 0.435 e. The summed E-state index contributed by atoms with van der Waals surface area (Å²) in [6.07, 6.45) is -3.00. The van der Waals surface area contributed by atoms with E-state index < -0.39 is 18.6 Å². The maximum Gasteiger partial charge on any atom is 0.413 e. The number of carbonyl (C=O) groups is 1. The molecule has 2 atom stereocenters. The molecule has 4 heterocycles. The number of nitrogens with one attached hydrogen (secondary N) is 2. The standard InChI is InChI=1S/C20H23F2N5O2/c1-3-12-10-27(7-6-23-12)15-9-11(2)8-14(25-15)13-4-5-24-19-16(13)17(18(21)22)29-20(28)26-19/h4-5,8-9,12,17-18,23H,3,6-7,10H2,1-2H3,(H,24,26,28). The second-order valence-electron chi connectivity index (χ2n) is 7.30. The summed E-state index contributed by atoms with van der Waals surface area (Å²) >= 11 is 0. The fourth-order valence-electron chi connectivity index (χ4n) is 3.82. The number of amides is 1. The Kier molecular flexibility index (Phi) is 5.31. The third kappa shape index (κ3) is 3.87. The van der Waals surface area contributed by atoms with Gasteiger partial charge >= 0.3 is 6.09 Å². The quantitative estimate of drug-likeness (QED) is 0.813. The fraction of sp³-hybridized carbons (Fsp3) is 0.450. The summed E-state index contributed by atoms with van der Waals surface area (Å²) in [5, 5.41) is 5.88. The molecule has 2 aliphatic rings. The Morgan fingerprint density at radius 2 is 2.21 bits per heavy atom. The number of halogens is 2. The van der Waals surface area contributed by atoms with E-state index >= 15 is 0 Å². The van der Waals surface area contributed by atoms with E-state index in [2.05, 4.69) is 27.4 Å². The molecule has 1 saturated heterocycles. The zero-order valence-corrected chi connectivity index (χ0v) is 16.3. The zero-order chi connectivity index (χ0) is 20.5. The van der Waals surface area contributed by atoms with Crippen LogP contribution in [0.5, 0.6) is 0 Å². The van der Waals surface area contributed by atoms with Crippen LogP contribution < -0.4 is 15.5 Å². The molecule has 4 rings (SSSR count). The molecule has 2 N–H and O–H groups in total. The number of hydrogen-bond donors (Lipinski definition) is 2. The zero-order valence-electron chi connectivity index (χ0n) is 16.3. The lowest BCUT2D eigenvalue weighted by Gasteiger charge is -2.34. The highest BCUT2D eigenvalue weighted by molar-refractivity contribution is 5.89. The Morgan fingerprint density at radius 1 is 1.38 bits per heavy atom. The number of alkyl halides is 2. The SMILES string of the molecule is CCC1CN(c2cc(C)cc(-c3ccnc4c3C(C(F)F)OC(=O)N4)n2)CCN1. The van der Waals surface area contributed by atoms with Crippen LogP contribution in [0.2, 0.25) is 0 Å². The van der Waals surface area contributed by atoms with Gasteiger partial charge in [-0.05, 0) is 37.1 Å². The van der Waals surface area contributed by atoms with Gasteiger partial charge in [-0.1, -0.05) is 6.92 Å². The molecule has 1 fully saturated rings. The monoisotopic (exact) mass is 403 g/mol. The van der Waals surface area contributed by atoms with Crippen molar-refractivity contribution in [3.05, 3.63) is 35.5 Å². The number of ether oxygens (including phenoxy) is 1. The molecule has 2 aliphatic heterocycles. The minimum atomic E-state index is -2.87. The molecule has 0 aromatic carbocycles. The van der Waals surface area contributed by atoms with Crippen LogP contribution in [0, 0.1) is 6.92 Å². The lowest BCUT2D eigenvalue weighted by atomic mass is 9.98. The Hall–Kier alpha value is -2.81. The maximum absolute atomic E-state index is 13.6. The lowest BCUT2D eigenvalue weighted by Crippen LogP contribution is -2.50. The van der Waals surface area contributed by atoms with E-state index in [9.17, 15) is 13.6 Å². The van der Waals surface area contributed by atoms with Gasteiger partial charge in [0.25, 0.3) is 6.43 Å². The van der Waals surface area contributed by atoms with E-state index in [1.54, 1.807) is 6.07 Å². The Balaban J connectivity index is 1.77. The maximum atomic E-state index is 13.6. The minimum absolute atomic E-state index is 0.0853. The molecular formula is C20H23F2N5O2. The van der Waals surface area contributed by atoms with Crippen LogP contribution in [0.3, 0.4) is 0 Å². The number of fused-ring (bicyclic) bond motifs is 1. The number of anilines is 2. The molecule has 2 aromatic heterocycles. The first-order valence-electron chi connectivity index (χ1n) is 9.68. The van der Waals surface area contributed by atoms with Crippen LogP contribution in [0.15, 0.2) is 24.4 Å². The molecule has 0 spiro atoms. The summed E-state index contributed by atoms with van der Waals surface area (Å²) < 4.78 is 32.1. The molecule has 0 aliphatic carbocycles. The Bertz CT molecular complexity index is 924. The smallest absolute Gasteiger partial charge is 0.413 e. The number of nitrogens with zero attached hydrogens (tertiary/aromatic N) is 3. The van der Waals surface area contributed by atoms with Crippen molar-refractivity contribution >= 4 is 17.7 Å². The molecule has 154 valence electrons. The van der Waals surface area contributed by atoms with Crippen molar-refractivity contribution in [2.45, 2.75) is 38.8 Å². The Morgan fingerprint density at radius 3 is 2.97 bits per heavy atom. The van der Waals surface area contributed by atoms with Crippen LogP contribution >= 0.6 is 0 Å². The first-order chi connectivity index (χ1) is 14.0. The van der Waals surface area contributed by atoms with Crippen molar-refractivity contribution < 1.29 is 18.3 Å². The van der Waals surface area contributed by atoms with Gasteiger partial charge in [-0.25, -0.2) is 23.5 Å². The van der Waals surface area contributed by atoms with Crippen LogP contribution in [0.25, 0.3) is 11.3 Å². The van der Waals surface area contributed by atoms with Crippen molar-refractivity contribution in [3.63, 3.8) is 0 Å². The average molecular weight is 403 g/mol. The van der Waals surface area contributed by atoms with Crippen LogP contribution in [0.4, 0.5) is 25.2 Å². The molecule has 0 radical (unpaired) electrons. The van der Waals surface area contributed by atoms with Crippen molar-refractivity contribution in [1.29, 1.82) is 0 Å². The third-order valence-electron chi connectivity index (χ3n) is 5.26. The van der Waals surface area contributed by atoms with Gasteiger partial charge in [-0.2, -0.15) is 0 Å². The summed E-state index contributed by atoms with van der Waals surface area (Å²) in [7, 11) is 0. The molecule has 2 aromatic rings. The van der Waals surface area contributed by atoms with E-state index in [1.165, 1.54) is 6.20 Å². The van der Waals surface area contributed by atoms with Gasteiger partial charge in [0.05, 0.1) is 11.3 Å². The second kappa shape index (κ2) is 7.90. The number of hydrogen-bond acceptors (Lipinski definition) is 6. The third-order valence-corrected chi connectivity index (χ3v) is 5.26. The molecule has 2 unspecified atom stereocenters. The van der Waals surface area contributed by atoms with E-state index in [0.717, 1.165) is 37.4 Å². The molecule has 29 heavy (non-hydrogen) atoms.